The van der Waals surface area contributed by atoms with Gasteiger partial charge in [0.2, 0.25) is 10.0 Å². The summed E-state index contributed by atoms with van der Waals surface area (Å²) in [6.45, 7) is 2.98. The molecular formula is C9H18N4O2S. The maximum atomic E-state index is 10.8. The van der Waals surface area contributed by atoms with Crippen molar-refractivity contribution in [2.75, 3.05) is 19.3 Å². The zero-order valence-corrected chi connectivity index (χ0v) is 10.6. The number of rotatable bonds is 6. The lowest BCUT2D eigenvalue weighted by Crippen LogP contribution is -2.32. The molecule has 0 radical (unpaired) electrons. The number of nitrogens with one attached hydrogen (secondary N) is 2. The first-order valence-corrected chi connectivity index (χ1v) is 6.95. The molecule has 6 nitrogen and oxygen atoms in total. The van der Waals surface area contributed by atoms with Crippen LogP contribution in [0.4, 0.5) is 0 Å². The van der Waals surface area contributed by atoms with Crippen LogP contribution in [-0.2, 0) is 17.1 Å². The first kappa shape index (κ1) is 13.1. The zero-order chi connectivity index (χ0) is 12.2. The fourth-order valence-corrected chi connectivity index (χ4v) is 1.91. The molecule has 1 aromatic heterocycles. The third-order valence-electron chi connectivity index (χ3n) is 2.24. The summed E-state index contributed by atoms with van der Waals surface area (Å²) < 4.78 is 25.8. The molecule has 0 fully saturated rings. The van der Waals surface area contributed by atoms with Gasteiger partial charge in [0, 0.05) is 32.4 Å². The Morgan fingerprint density at radius 1 is 1.50 bits per heavy atom. The Hall–Kier alpha value is -0.920. The summed E-state index contributed by atoms with van der Waals surface area (Å²) in [6, 6.07) is 2.08. The molecule has 1 unspecified atom stereocenters. The van der Waals surface area contributed by atoms with Crippen molar-refractivity contribution in [3.63, 3.8) is 0 Å². The summed E-state index contributed by atoms with van der Waals surface area (Å²) >= 11 is 0. The first-order chi connectivity index (χ1) is 7.40. The van der Waals surface area contributed by atoms with Crippen LogP contribution in [0.5, 0.6) is 0 Å². The minimum Gasteiger partial charge on any atom is -0.308 e. The van der Waals surface area contributed by atoms with Crippen LogP contribution < -0.4 is 10.0 Å². The predicted molar refractivity (Wildman–Crippen MR) is 62.5 cm³/mol. The molecule has 1 rings (SSSR count). The summed E-state index contributed by atoms with van der Waals surface area (Å²) in [4.78, 5) is 0. The van der Waals surface area contributed by atoms with E-state index in [1.807, 2.05) is 20.0 Å². The number of aromatic nitrogens is 2. The highest BCUT2D eigenvalue weighted by molar-refractivity contribution is 7.88. The van der Waals surface area contributed by atoms with Crippen LogP contribution >= 0.6 is 0 Å². The number of hydrogen-bond acceptors (Lipinski definition) is 4. The van der Waals surface area contributed by atoms with Gasteiger partial charge in [0.25, 0.3) is 0 Å². The van der Waals surface area contributed by atoms with Gasteiger partial charge in [-0.2, -0.15) is 5.10 Å². The van der Waals surface area contributed by atoms with E-state index in [9.17, 15) is 8.42 Å². The van der Waals surface area contributed by atoms with E-state index in [0.29, 0.717) is 13.1 Å². The number of aryl methyl sites for hydroxylation is 1. The average molecular weight is 246 g/mol. The Balaban J connectivity index is 2.32. The number of nitrogens with zero attached hydrogens (tertiary/aromatic N) is 2. The van der Waals surface area contributed by atoms with Crippen LogP contribution in [0, 0.1) is 0 Å². The van der Waals surface area contributed by atoms with Crippen molar-refractivity contribution in [2.45, 2.75) is 13.0 Å². The Kier molecular flexibility index (Phi) is 4.45. The smallest absolute Gasteiger partial charge is 0.208 e. The molecule has 0 saturated heterocycles. The van der Waals surface area contributed by atoms with Gasteiger partial charge in [-0.3, -0.25) is 4.68 Å². The average Bonchev–Trinajstić information content (AvgIpc) is 2.57. The van der Waals surface area contributed by atoms with E-state index in [1.54, 1.807) is 10.9 Å². The van der Waals surface area contributed by atoms with E-state index >= 15 is 0 Å². The second-order valence-corrected chi connectivity index (χ2v) is 5.56. The molecule has 0 aliphatic rings. The van der Waals surface area contributed by atoms with Crippen molar-refractivity contribution in [3.8, 4) is 0 Å². The van der Waals surface area contributed by atoms with Crippen molar-refractivity contribution in [1.29, 1.82) is 0 Å². The Morgan fingerprint density at radius 3 is 2.69 bits per heavy atom. The van der Waals surface area contributed by atoms with Crippen molar-refractivity contribution < 1.29 is 8.42 Å². The maximum Gasteiger partial charge on any atom is 0.208 e. The minimum atomic E-state index is -3.09. The molecule has 0 aliphatic carbocycles. The molecular weight excluding hydrogens is 228 g/mol. The van der Waals surface area contributed by atoms with Gasteiger partial charge in [0.1, 0.15) is 0 Å². The molecule has 0 bridgehead atoms. The lowest BCUT2D eigenvalue weighted by Gasteiger charge is -2.14. The van der Waals surface area contributed by atoms with Crippen LogP contribution in [0.15, 0.2) is 12.3 Å². The fourth-order valence-electron chi connectivity index (χ4n) is 1.44. The van der Waals surface area contributed by atoms with Crippen molar-refractivity contribution >= 4 is 10.0 Å². The third-order valence-corrected chi connectivity index (χ3v) is 2.97. The van der Waals surface area contributed by atoms with Crippen molar-refractivity contribution in [2.24, 2.45) is 7.05 Å². The largest absolute Gasteiger partial charge is 0.308 e. The summed E-state index contributed by atoms with van der Waals surface area (Å²) in [5.74, 6) is 0. The molecule has 0 aromatic carbocycles. The Bertz CT molecular complexity index is 426. The van der Waals surface area contributed by atoms with E-state index in [2.05, 4.69) is 15.1 Å². The molecule has 16 heavy (non-hydrogen) atoms. The quantitative estimate of drug-likeness (QED) is 0.671. The van der Waals surface area contributed by atoms with Gasteiger partial charge in [0.05, 0.1) is 11.9 Å². The van der Waals surface area contributed by atoms with Crippen molar-refractivity contribution in [3.05, 3.63) is 18.0 Å². The second-order valence-electron chi connectivity index (χ2n) is 3.72. The van der Waals surface area contributed by atoms with Crippen LogP contribution in [0.25, 0.3) is 0 Å². The molecule has 1 atom stereocenters. The van der Waals surface area contributed by atoms with Gasteiger partial charge in [-0.15, -0.1) is 0 Å². The zero-order valence-electron chi connectivity index (χ0n) is 9.77. The fraction of sp³-hybridized carbons (Fsp3) is 0.667. The molecule has 0 spiro atoms. The molecule has 92 valence electrons. The molecule has 1 aromatic rings. The lowest BCUT2D eigenvalue weighted by atomic mass is 10.2. The van der Waals surface area contributed by atoms with E-state index in [0.717, 1.165) is 11.9 Å². The molecule has 2 N–H and O–H groups in total. The molecule has 7 heteroatoms. The summed E-state index contributed by atoms with van der Waals surface area (Å²) in [7, 11) is -1.21. The van der Waals surface area contributed by atoms with Crippen LogP contribution in [-0.4, -0.2) is 37.5 Å². The first-order valence-electron chi connectivity index (χ1n) is 5.06. The van der Waals surface area contributed by atoms with E-state index in [-0.39, 0.29) is 6.04 Å². The Labute approximate surface area is 96.1 Å². The third kappa shape index (κ3) is 4.30. The van der Waals surface area contributed by atoms with Gasteiger partial charge >= 0.3 is 0 Å². The molecule has 0 amide bonds. The minimum absolute atomic E-state index is 0.147. The van der Waals surface area contributed by atoms with Crippen molar-refractivity contribution in [1.82, 2.24) is 19.8 Å². The topological polar surface area (TPSA) is 76.0 Å². The number of sulfonamides is 1. The standard InChI is InChI=1S/C9H18N4O2S/c1-8(9-4-5-11-13(9)2)10-6-7-12-16(3,14)15/h4-5,8,10,12H,6-7H2,1-3H3. The number of hydrogen-bond donors (Lipinski definition) is 2. The van der Waals surface area contributed by atoms with E-state index < -0.39 is 10.0 Å². The second kappa shape index (κ2) is 5.42. The highest BCUT2D eigenvalue weighted by Crippen LogP contribution is 2.08. The Morgan fingerprint density at radius 2 is 2.19 bits per heavy atom. The summed E-state index contributed by atoms with van der Waals surface area (Å²) in [5.41, 5.74) is 1.07. The summed E-state index contributed by atoms with van der Waals surface area (Å²) in [6.07, 6.45) is 2.89. The van der Waals surface area contributed by atoms with Gasteiger partial charge in [-0.25, -0.2) is 13.1 Å². The molecule has 1 heterocycles. The van der Waals surface area contributed by atoms with Gasteiger partial charge in [0.15, 0.2) is 0 Å². The van der Waals surface area contributed by atoms with E-state index in [4.69, 9.17) is 0 Å². The lowest BCUT2D eigenvalue weighted by molar-refractivity contribution is 0.526. The monoisotopic (exact) mass is 246 g/mol. The van der Waals surface area contributed by atoms with Crippen LogP contribution in [0.1, 0.15) is 18.7 Å². The SMILES string of the molecule is CC(NCCNS(C)(=O)=O)c1ccnn1C. The van der Waals surface area contributed by atoms with Crippen LogP contribution in [0.2, 0.25) is 0 Å². The highest BCUT2D eigenvalue weighted by atomic mass is 32.2. The maximum absolute atomic E-state index is 10.8. The van der Waals surface area contributed by atoms with Gasteiger partial charge in [-0.1, -0.05) is 0 Å². The normalized spacial score (nSPS) is 13.9. The molecule has 0 aliphatic heterocycles. The summed E-state index contributed by atoms with van der Waals surface area (Å²) in [5, 5.41) is 7.28. The van der Waals surface area contributed by atoms with Gasteiger partial charge in [-0.05, 0) is 13.0 Å². The van der Waals surface area contributed by atoms with Crippen LogP contribution in [0.3, 0.4) is 0 Å². The van der Waals surface area contributed by atoms with Gasteiger partial charge < -0.3 is 5.32 Å². The predicted octanol–water partition coefficient (Wildman–Crippen LogP) is -0.380. The molecule has 0 saturated carbocycles. The van der Waals surface area contributed by atoms with E-state index in [1.165, 1.54) is 0 Å². The highest BCUT2D eigenvalue weighted by Gasteiger charge is 2.08.